The van der Waals surface area contributed by atoms with E-state index in [9.17, 15) is 4.79 Å². The summed E-state index contributed by atoms with van der Waals surface area (Å²) in [6.07, 6.45) is 0. The lowest BCUT2D eigenvalue weighted by Crippen LogP contribution is -2.39. The number of hydrogen-bond donors (Lipinski definition) is 1. The van der Waals surface area contributed by atoms with Crippen LogP contribution in [0.3, 0.4) is 0 Å². The van der Waals surface area contributed by atoms with Gasteiger partial charge in [0.1, 0.15) is 0 Å². The van der Waals surface area contributed by atoms with Crippen LogP contribution in [0.2, 0.25) is 0 Å². The molecule has 1 atom stereocenters. The fourth-order valence-corrected chi connectivity index (χ4v) is 0.962. The largest absolute Gasteiger partial charge is 0.331 e. The zero-order valence-corrected chi connectivity index (χ0v) is 8.37. The average Bonchev–Trinajstić information content (AvgIpc) is 2.02. The van der Waals surface area contributed by atoms with Crippen molar-refractivity contribution in [3.05, 3.63) is 0 Å². The predicted molar refractivity (Wildman–Crippen MR) is 49.9 cm³/mol. The maximum Gasteiger partial charge on any atom is 0.319 e. The monoisotopic (exact) mass is 173 g/mol. The standard InChI is InChI=1S/C8H19N3O/c1-7(5-9)6-11(4)8(12)10(2)3/h7H,5-6,9H2,1-4H3. The summed E-state index contributed by atoms with van der Waals surface area (Å²) in [6, 6.07) is 0.0234. The molecule has 4 nitrogen and oxygen atoms in total. The molecule has 0 aliphatic heterocycles. The molecule has 0 spiro atoms. The van der Waals surface area contributed by atoms with Crippen LogP contribution >= 0.6 is 0 Å². The van der Waals surface area contributed by atoms with E-state index < -0.39 is 0 Å². The van der Waals surface area contributed by atoms with Crippen LogP contribution < -0.4 is 5.73 Å². The Morgan fingerprint density at radius 1 is 1.42 bits per heavy atom. The molecule has 0 saturated heterocycles. The molecule has 0 aliphatic carbocycles. The molecule has 4 heteroatoms. The molecule has 2 amide bonds. The van der Waals surface area contributed by atoms with Crippen LogP contribution in [-0.4, -0.2) is 50.1 Å². The lowest BCUT2D eigenvalue weighted by atomic mass is 10.2. The van der Waals surface area contributed by atoms with Crippen molar-refractivity contribution in [2.24, 2.45) is 11.7 Å². The second-order valence-corrected chi connectivity index (χ2v) is 3.40. The Hall–Kier alpha value is -0.770. The van der Waals surface area contributed by atoms with Gasteiger partial charge in [0.25, 0.3) is 0 Å². The Morgan fingerprint density at radius 2 is 1.92 bits per heavy atom. The third-order valence-electron chi connectivity index (χ3n) is 1.70. The molecular weight excluding hydrogens is 154 g/mol. The lowest BCUT2D eigenvalue weighted by molar-refractivity contribution is 0.176. The molecular formula is C8H19N3O. The normalized spacial score (nSPS) is 12.4. The lowest BCUT2D eigenvalue weighted by Gasteiger charge is -2.24. The molecule has 0 aromatic heterocycles. The van der Waals surface area contributed by atoms with Gasteiger partial charge in [0.2, 0.25) is 0 Å². The fourth-order valence-electron chi connectivity index (χ4n) is 0.962. The highest BCUT2D eigenvalue weighted by Gasteiger charge is 2.12. The Balaban J connectivity index is 3.86. The number of nitrogens with two attached hydrogens (primary N) is 1. The van der Waals surface area contributed by atoms with Crippen molar-refractivity contribution in [3.8, 4) is 0 Å². The number of rotatable bonds is 3. The first-order chi connectivity index (χ1) is 5.49. The van der Waals surface area contributed by atoms with Crippen LogP contribution in [0.5, 0.6) is 0 Å². The number of amides is 2. The summed E-state index contributed by atoms with van der Waals surface area (Å²) in [4.78, 5) is 14.5. The Morgan fingerprint density at radius 3 is 2.25 bits per heavy atom. The summed E-state index contributed by atoms with van der Waals surface area (Å²) in [5.41, 5.74) is 5.45. The van der Waals surface area contributed by atoms with Crippen LogP contribution in [0.4, 0.5) is 4.79 Å². The Labute approximate surface area is 74.3 Å². The van der Waals surface area contributed by atoms with E-state index in [1.54, 1.807) is 30.9 Å². The molecule has 0 fully saturated rings. The molecule has 0 radical (unpaired) electrons. The first-order valence-electron chi connectivity index (χ1n) is 4.11. The first-order valence-corrected chi connectivity index (χ1v) is 4.11. The smallest absolute Gasteiger partial charge is 0.319 e. The van der Waals surface area contributed by atoms with Crippen LogP contribution in [-0.2, 0) is 0 Å². The van der Waals surface area contributed by atoms with Crippen molar-refractivity contribution in [1.82, 2.24) is 9.80 Å². The van der Waals surface area contributed by atoms with Crippen molar-refractivity contribution >= 4 is 6.03 Å². The number of hydrogen-bond acceptors (Lipinski definition) is 2. The minimum absolute atomic E-state index is 0.0234. The maximum atomic E-state index is 11.3. The van der Waals surface area contributed by atoms with Gasteiger partial charge in [-0.2, -0.15) is 0 Å². The first kappa shape index (κ1) is 11.2. The molecule has 2 N–H and O–H groups in total. The van der Waals surface area contributed by atoms with E-state index in [4.69, 9.17) is 5.73 Å². The Bertz CT molecular complexity index is 147. The summed E-state index contributed by atoms with van der Waals surface area (Å²) in [5, 5.41) is 0. The molecule has 0 aromatic carbocycles. The highest BCUT2D eigenvalue weighted by atomic mass is 16.2. The van der Waals surface area contributed by atoms with Gasteiger partial charge in [-0.15, -0.1) is 0 Å². The second-order valence-electron chi connectivity index (χ2n) is 3.40. The molecule has 12 heavy (non-hydrogen) atoms. The van der Waals surface area contributed by atoms with Crippen LogP contribution in [0.25, 0.3) is 0 Å². The van der Waals surface area contributed by atoms with Gasteiger partial charge in [-0.25, -0.2) is 4.79 Å². The topological polar surface area (TPSA) is 49.6 Å². The van der Waals surface area contributed by atoms with E-state index in [0.29, 0.717) is 19.0 Å². The third-order valence-corrected chi connectivity index (χ3v) is 1.70. The number of urea groups is 1. The van der Waals surface area contributed by atoms with Crippen molar-refractivity contribution in [2.75, 3.05) is 34.2 Å². The molecule has 0 rings (SSSR count). The van der Waals surface area contributed by atoms with Gasteiger partial charge in [-0.3, -0.25) is 0 Å². The number of nitrogens with zero attached hydrogens (tertiary/aromatic N) is 2. The van der Waals surface area contributed by atoms with E-state index >= 15 is 0 Å². The van der Waals surface area contributed by atoms with Crippen molar-refractivity contribution in [3.63, 3.8) is 0 Å². The quantitative estimate of drug-likeness (QED) is 0.662. The zero-order valence-electron chi connectivity index (χ0n) is 8.37. The summed E-state index contributed by atoms with van der Waals surface area (Å²) < 4.78 is 0. The Kier molecular flexibility index (Phi) is 4.66. The van der Waals surface area contributed by atoms with Crippen LogP contribution in [0, 0.1) is 5.92 Å². The SMILES string of the molecule is CC(CN)CN(C)C(=O)N(C)C. The van der Waals surface area contributed by atoms with Crippen molar-refractivity contribution in [2.45, 2.75) is 6.92 Å². The van der Waals surface area contributed by atoms with Crippen molar-refractivity contribution < 1.29 is 4.79 Å². The molecule has 1 unspecified atom stereocenters. The van der Waals surface area contributed by atoms with E-state index in [1.165, 1.54) is 0 Å². The molecule has 0 bridgehead atoms. The van der Waals surface area contributed by atoms with Gasteiger partial charge in [0.15, 0.2) is 0 Å². The predicted octanol–water partition coefficient (Wildman–Crippen LogP) is 0.195. The van der Waals surface area contributed by atoms with Crippen molar-refractivity contribution in [1.29, 1.82) is 0 Å². The van der Waals surface area contributed by atoms with Gasteiger partial charge in [0.05, 0.1) is 0 Å². The summed E-state index contributed by atoms with van der Waals surface area (Å²) >= 11 is 0. The van der Waals surface area contributed by atoms with Gasteiger partial charge in [0, 0.05) is 27.7 Å². The third kappa shape index (κ3) is 3.57. The molecule has 0 aromatic rings. The highest BCUT2D eigenvalue weighted by molar-refractivity contribution is 5.73. The van der Waals surface area contributed by atoms with Gasteiger partial charge in [-0.05, 0) is 12.5 Å². The second kappa shape index (κ2) is 4.98. The fraction of sp³-hybridized carbons (Fsp3) is 0.875. The highest BCUT2D eigenvalue weighted by Crippen LogP contribution is 1.97. The maximum absolute atomic E-state index is 11.3. The molecule has 0 aliphatic rings. The number of carbonyl (C=O) groups is 1. The van der Waals surface area contributed by atoms with Gasteiger partial charge >= 0.3 is 6.03 Å². The molecule has 72 valence electrons. The minimum atomic E-state index is 0.0234. The molecule has 0 heterocycles. The van der Waals surface area contributed by atoms with Gasteiger partial charge in [-0.1, -0.05) is 6.92 Å². The van der Waals surface area contributed by atoms with E-state index in [-0.39, 0.29) is 6.03 Å². The van der Waals surface area contributed by atoms with E-state index in [2.05, 4.69) is 0 Å². The zero-order chi connectivity index (χ0) is 9.72. The van der Waals surface area contributed by atoms with Gasteiger partial charge < -0.3 is 15.5 Å². The van der Waals surface area contributed by atoms with E-state index in [0.717, 1.165) is 0 Å². The summed E-state index contributed by atoms with van der Waals surface area (Å²) in [6.45, 7) is 3.36. The van der Waals surface area contributed by atoms with E-state index in [1.807, 2.05) is 6.92 Å². The van der Waals surface area contributed by atoms with Crippen LogP contribution in [0.1, 0.15) is 6.92 Å². The minimum Gasteiger partial charge on any atom is -0.331 e. The average molecular weight is 173 g/mol. The number of carbonyl (C=O) groups excluding carboxylic acids is 1. The van der Waals surface area contributed by atoms with Crippen LogP contribution in [0.15, 0.2) is 0 Å². The summed E-state index contributed by atoms with van der Waals surface area (Å²) in [7, 11) is 5.27. The summed E-state index contributed by atoms with van der Waals surface area (Å²) in [5.74, 6) is 0.360. The molecule has 0 saturated carbocycles.